The highest BCUT2D eigenvalue weighted by Crippen LogP contribution is 2.46. The van der Waals surface area contributed by atoms with Crippen LogP contribution in [0.4, 0.5) is 24.7 Å². The maximum absolute atomic E-state index is 15.2. The molecular formula is C63H75F3N10O8. The highest BCUT2D eigenvalue weighted by Gasteiger charge is 2.59. The zero-order valence-corrected chi connectivity index (χ0v) is 47.8. The van der Waals surface area contributed by atoms with Crippen molar-refractivity contribution in [3.05, 3.63) is 102 Å². The Morgan fingerprint density at radius 2 is 1.57 bits per heavy atom. The van der Waals surface area contributed by atoms with Crippen molar-refractivity contribution in [1.29, 1.82) is 5.26 Å². The van der Waals surface area contributed by atoms with E-state index in [0.717, 1.165) is 63.2 Å². The summed E-state index contributed by atoms with van der Waals surface area (Å²) in [5.41, 5.74) is 1.18. The van der Waals surface area contributed by atoms with Gasteiger partial charge in [-0.15, -0.1) is 0 Å². The molecule has 1 saturated carbocycles. The molecule has 5 heterocycles. The number of nitrogens with zero attached hydrogens (tertiary/aromatic N) is 6. The van der Waals surface area contributed by atoms with Crippen molar-refractivity contribution in [2.75, 3.05) is 96.4 Å². The molecule has 0 bridgehead atoms. The minimum absolute atomic E-state index is 0.000826. The van der Waals surface area contributed by atoms with E-state index in [1.807, 2.05) is 17.0 Å². The lowest BCUT2D eigenvalue weighted by Gasteiger charge is -2.43. The first kappa shape index (κ1) is 60.6. The molecule has 2 atom stereocenters. The number of pyridine rings is 1. The quantitative estimate of drug-likeness (QED) is 0.0382. The molecule has 446 valence electrons. The van der Waals surface area contributed by atoms with E-state index in [1.165, 1.54) is 11.0 Å². The Bertz CT molecular complexity index is 3170. The number of carbonyl (C=O) groups excluding carboxylic acids is 6. The summed E-state index contributed by atoms with van der Waals surface area (Å²) in [7, 11) is 3.26. The second-order valence-electron chi connectivity index (χ2n) is 22.5. The molecule has 4 fully saturated rings. The highest BCUT2D eigenvalue weighted by atomic mass is 19.4. The summed E-state index contributed by atoms with van der Waals surface area (Å²) >= 11 is 0. The number of amides is 4. The van der Waals surface area contributed by atoms with Gasteiger partial charge in [0.1, 0.15) is 36.5 Å². The van der Waals surface area contributed by atoms with Crippen molar-refractivity contribution in [3.63, 3.8) is 0 Å². The molecule has 4 aliphatic rings. The van der Waals surface area contributed by atoms with Crippen molar-refractivity contribution in [2.45, 2.75) is 94.2 Å². The molecule has 0 radical (unpaired) electrons. The number of alkyl halides is 3. The third kappa shape index (κ3) is 14.0. The van der Waals surface area contributed by atoms with Crippen molar-refractivity contribution >= 4 is 58.6 Å². The Kier molecular flexibility index (Phi) is 19.9. The van der Waals surface area contributed by atoms with Crippen LogP contribution in [0.3, 0.4) is 0 Å². The highest BCUT2D eigenvalue weighted by molar-refractivity contribution is 5.91. The van der Waals surface area contributed by atoms with Crippen molar-refractivity contribution in [1.82, 2.24) is 35.3 Å². The van der Waals surface area contributed by atoms with Gasteiger partial charge in [-0.05, 0) is 111 Å². The summed E-state index contributed by atoms with van der Waals surface area (Å²) in [4.78, 5) is 92.8. The molecule has 3 aliphatic heterocycles. The van der Waals surface area contributed by atoms with Crippen LogP contribution in [0.1, 0.15) is 99.2 Å². The van der Waals surface area contributed by atoms with E-state index in [9.17, 15) is 34.0 Å². The summed E-state index contributed by atoms with van der Waals surface area (Å²) in [6, 6.07) is 24.3. The van der Waals surface area contributed by atoms with Crippen LogP contribution < -0.4 is 30.3 Å². The number of piperidine rings is 2. The van der Waals surface area contributed by atoms with Crippen LogP contribution >= 0.6 is 0 Å². The number of piperazine rings is 1. The normalized spacial score (nSPS) is 19.4. The number of likely N-dealkylation sites (tertiary alicyclic amines) is 1. The smallest absolute Gasteiger partial charge is 0.428 e. The van der Waals surface area contributed by atoms with Crippen LogP contribution in [0.25, 0.3) is 22.2 Å². The summed E-state index contributed by atoms with van der Waals surface area (Å²) < 4.78 is 57.5. The number of rotatable bonds is 22. The van der Waals surface area contributed by atoms with E-state index < -0.39 is 42.4 Å². The van der Waals surface area contributed by atoms with E-state index in [4.69, 9.17) is 9.47 Å². The van der Waals surface area contributed by atoms with Gasteiger partial charge in [-0.3, -0.25) is 24.1 Å². The van der Waals surface area contributed by atoms with Gasteiger partial charge in [0.05, 0.1) is 35.7 Å². The molecule has 84 heavy (non-hydrogen) atoms. The van der Waals surface area contributed by atoms with Crippen LogP contribution in [-0.4, -0.2) is 159 Å². The van der Waals surface area contributed by atoms with Crippen molar-refractivity contribution in [2.24, 2.45) is 17.8 Å². The first-order chi connectivity index (χ1) is 40.7. The zero-order chi connectivity index (χ0) is 59.4. The molecule has 4 N–H and O–H groups in total. The third-order valence-corrected chi connectivity index (χ3v) is 17.5. The number of H-pyrrole nitrogens is 1. The lowest BCUT2D eigenvalue weighted by atomic mass is 9.81. The number of aromatic amines is 1. The topological polar surface area (TPSA) is 222 Å². The molecule has 21 heteroatoms. The minimum atomic E-state index is -4.80. The Morgan fingerprint density at radius 3 is 2.26 bits per heavy atom. The van der Waals surface area contributed by atoms with Crippen LogP contribution in [0.5, 0.6) is 11.5 Å². The molecule has 2 aromatic heterocycles. The predicted molar refractivity (Wildman–Crippen MR) is 311 cm³/mol. The van der Waals surface area contributed by atoms with Crippen LogP contribution in [0.2, 0.25) is 0 Å². The molecule has 18 nitrogen and oxygen atoms in total. The molecule has 5 aromatic rings. The van der Waals surface area contributed by atoms with Gasteiger partial charge in [-0.2, -0.15) is 18.4 Å². The second kappa shape index (κ2) is 27.6. The SMILES string of the molecule is CNC(=O)C(CCC=O)c1ccnc(N2CCC(CN3CCN(C(=O)C4CCC(C(=O)NCCOc5ccc(C(CC=O)C(=O)N6CCC(Oc7ccccc7-c7cc8c(C#N)cccc8[nH]7)(C(F)(F)F)CC6)c(NC)c5)CC4)CC3)CC2)c1. The fourth-order valence-electron chi connectivity index (χ4n) is 12.6. The molecule has 3 aromatic carbocycles. The van der Waals surface area contributed by atoms with Crippen molar-refractivity contribution < 1.29 is 51.4 Å². The van der Waals surface area contributed by atoms with E-state index in [1.54, 1.807) is 81.0 Å². The Balaban J connectivity index is 0.694. The number of hydrogen-bond donors (Lipinski definition) is 4. The van der Waals surface area contributed by atoms with Gasteiger partial charge >= 0.3 is 6.18 Å². The average Bonchev–Trinajstić information content (AvgIpc) is 3.17. The number of nitriles is 1. The number of ether oxygens (including phenoxy) is 2. The molecule has 3 saturated heterocycles. The number of hydrogen-bond acceptors (Lipinski definition) is 13. The molecule has 2 unspecified atom stereocenters. The van der Waals surface area contributed by atoms with Gasteiger partial charge in [0.15, 0.2) is 0 Å². The predicted octanol–water partition coefficient (Wildman–Crippen LogP) is 7.99. The number of aldehydes is 2. The Hall–Kier alpha value is -7.99. The third-order valence-electron chi connectivity index (χ3n) is 17.5. The fraction of sp³-hybridized carbons (Fsp3) is 0.492. The minimum Gasteiger partial charge on any atom is -0.492 e. The lowest BCUT2D eigenvalue weighted by molar-refractivity contribution is -0.260. The number of para-hydroxylation sites is 1. The average molecular weight is 1160 g/mol. The van der Waals surface area contributed by atoms with Gasteiger partial charge in [0.2, 0.25) is 29.2 Å². The fourth-order valence-corrected chi connectivity index (χ4v) is 12.6. The summed E-state index contributed by atoms with van der Waals surface area (Å²) in [5.74, 6) is -0.395. The molecule has 1 aliphatic carbocycles. The zero-order valence-electron chi connectivity index (χ0n) is 47.8. The Morgan fingerprint density at radius 1 is 0.833 bits per heavy atom. The van der Waals surface area contributed by atoms with E-state index >= 15 is 13.2 Å². The van der Waals surface area contributed by atoms with E-state index in [0.29, 0.717) is 109 Å². The second-order valence-corrected chi connectivity index (χ2v) is 22.5. The number of carbonyl (C=O) groups is 6. The summed E-state index contributed by atoms with van der Waals surface area (Å²) in [6.45, 7) is 5.56. The van der Waals surface area contributed by atoms with E-state index in [2.05, 4.69) is 41.8 Å². The lowest BCUT2D eigenvalue weighted by Crippen LogP contribution is -2.58. The standard InChI is InChI=1S/C63H75F3N10O8/c1-68-54-38-47(16-17-49(54)50(21-35-78)61(82)75-28-22-62(23-29-75,63(64,65)66)84-56-11-4-3-8-51(56)55-39-52-46(40-67)7-5-10-53(52)72-55)83-36-25-71-58(79)43-12-14-44(15-13-43)60(81)76-32-30-73(31-33-76)41-42-19-26-74(27-20-42)57-37-45(18-24-70-57)48(9-6-34-77)59(80)69-2/h3-5,7-8,10-11,16-18,24,34-35,37-39,42-44,48,50,68,72H,6,9,12-15,19-23,25-33,36,41H2,1-2H3,(H,69,80)(H,71,79). The molecular weight excluding hydrogens is 1080 g/mol. The number of aromatic nitrogens is 2. The van der Waals surface area contributed by atoms with Gasteiger partial charge in [-0.25, -0.2) is 4.98 Å². The van der Waals surface area contributed by atoms with Crippen molar-refractivity contribution in [3.8, 4) is 28.8 Å². The van der Waals surface area contributed by atoms with Gasteiger partial charge < -0.3 is 54.7 Å². The number of nitrogens with one attached hydrogen (secondary N) is 4. The van der Waals surface area contributed by atoms with Gasteiger partial charge in [0.25, 0.3) is 0 Å². The van der Waals surface area contributed by atoms with Crippen LogP contribution in [-0.2, 0) is 28.8 Å². The largest absolute Gasteiger partial charge is 0.492 e. The first-order valence-corrected chi connectivity index (χ1v) is 29.3. The van der Waals surface area contributed by atoms with Gasteiger partial charge in [0, 0.05) is 145 Å². The number of likely N-dealkylation sites (N-methyl/N-ethyl adjacent to an activating group) is 1. The van der Waals surface area contributed by atoms with Crippen LogP contribution in [0.15, 0.2) is 85.1 Å². The maximum atomic E-state index is 15.2. The van der Waals surface area contributed by atoms with Gasteiger partial charge in [-0.1, -0.05) is 24.3 Å². The molecule has 0 spiro atoms. The molecule has 4 amide bonds. The Labute approximate surface area is 487 Å². The maximum Gasteiger partial charge on any atom is 0.428 e. The summed E-state index contributed by atoms with van der Waals surface area (Å²) in [5, 5.41) is 19.0. The van der Waals surface area contributed by atoms with E-state index in [-0.39, 0.29) is 68.0 Å². The first-order valence-electron chi connectivity index (χ1n) is 29.3. The molecule has 9 rings (SSSR count). The van der Waals surface area contributed by atoms with Crippen LogP contribution in [0, 0.1) is 29.1 Å². The number of halogens is 3. The monoisotopic (exact) mass is 1160 g/mol. The number of anilines is 2. The summed E-state index contributed by atoms with van der Waals surface area (Å²) in [6.07, 6.45) is 2.45. The number of benzene rings is 3. The number of fused-ring (bicyclic) bond motifs is 1.